The highest BCUT2D eigenvalue weighted by Crippen LogP contribution is 2.45. The minimum absolute atomic E-state index is 0.160. The third-order valence-electron chi connectivity index (χ3n) is 3.13. The number of nitrogens with zero attached hydrogens (tertiary/aromatic N) is 2. The summed E-state index contributed by atoms with van der Waals surface area (Å²) in [6.07, 6.45) is 1.95. The van der Waals surface area contributed by atoms with Gasteiger partial charge in [0.1, 0.15) is 11.4 Å². The second kappa shape index (κ2) is 2.47. The van der Waals surface area contributed by atoms with E-state index in [4.69, 9.17) is 5.73 Å². The first-order valence-electron chi connectivity index (χ1n) is 4.76. The van der Waals surface area contributed by atoms with Crippen molar-refractivity contribution in [3.8, 4) is 0 Å². The molecule has 2 amide bonds. The molecular weight excluding hydrogens is 166 g/mol. The standard InChI is InChI=1S/C9H15N3O/c1-3-12-8(13)11-7(10)9(12)4-6(2)5-9/h6H,3-5H2,1-2H3,(H2,10,11,13). The van der Waals surface area contributed by atoms with E-state index in [9.17, 15) is 4.79 Å². The Bertz CT molecular complexity index is 279. The molecule has 1 fully saturated rings. The van der Waals surface area contributed by atoms with E-state index in [1.165, 1.54) is 0 Å². The molecule has 0 aromatic carbocycles. The van der Waals surface area contributed by atoms with Crippen LogP contribution in [0, 0.1) is 5.92 Å². The van der Waals surface area contributed by atoms with Crippen LogP contribution in [0.25, 0.3) is 0 Å². The third-order valence-corrected chi connectivity index (χ3v) is 3.13. The van der Waals surface area contributed by atoms with E-state index in [0.717, 1.165) is 12.8 Å². The minimum atomic E-state index is -0.203. The molecule has 1 heterocycles. The monoisotopic (exact) mass is 181 g/mol. The van der Waals surface area contributed by atoms with E-state index in [-0.39, 0.29) is 11.6 Å². The predicted octanol–water partition coefficient (Wildman–Crippen LogP) is 0.968. The number of hydrogen-bond donors (Lipinski definition) is 1. The van der Waals surface area contributed by atoms with Crippen LogP contribution in [0.5, 0.6) is 0 Å². The predicted molar refractivity (Wildman–Crippen MR) is 50.5 cm³/mol. The van der Waals surface area contributed by atoms with E-state index < -0.39 is 0 Å². The normalized spacial score (nSPS) is 38.0. The fraction of sp³-hybridized carbons (Fsp3) is 0.778. The molecule has 0 radical (unpaired) electrons. The van der Waals surface area contributed by atoms with Gasteiger partial charge in [0.05, 0.1) is 0 Å². The lowest BCUT2D eigenvalue weighted by molar-refractivity contribution is 0.0803. The number of aliphatic imine (C=N–C) groups is 1. The maximum Gasteiger partial charge on any atom is 0.346 e. The number of likely N-dealkylation sites (N-methyl/N-ethyl adjacent to an activating group) is 1. The van der Waals surface area contributed by atoms with Crippen LogP contribution in [0.3, 0.4) is 0 Å². The van der Waals surface area contributed by atoms with E-state index in [2.05, 4.69) is 11.9 Å². The van der Waals surface area contributed by atoms with Crippen molar-refractivity contribution in [2.45, 2.75) is 32.2 Å². The van der Waals surface area contributed by atoms with E-state index >= 15 is 0 Å². The van der Waals surface area contributed by atoms with Crippen molar-refractivity contribution in [1.29, 1.82) is 0 Å². The summed E-state index contributed by atoms with van der Waals surface area (Å²) in [5.74, 6) is 1.19. The van der Waals surface area contributed by atoms with Crippen LogP contribution in [0.4, 0.5) is 4.79 Å². The molecule has 0 bridgehead atoms. The molecule has 4 nitrogen and oxygen atoms in total. The van der Waals surface area contributed by atoms with Crippen LogP contribution in [-0.4, -0.2) is 28.9 Å². The molecule has 0 unspecified atom stereocenters. The summed E-state index contributed by atoms with van der Waals surface area (Å²) in [5.41, 5.74) is 5.58. The summed E-state index contributed by atoms with van der Waals surface area (Å²) in [4.78, 5) is 17.0. The van der Waals surface area contributed by atoms with Crippen molar-refractivity contribution < 1.29 is 4.79 Å². The van der Waals surface area contributed by atoms with Gasteiger partial charge in [-0.2, -0.15) is 4.99 Å². The van der Waals surface area contributed by atoms with Gasteiger partial charge in [0, 0.05) is 6.54 Å². The Hall–Kier alpha value is -1.06. The molecule has 72 valence electrons. The summed E-state index contributed by atoms with van der Waals surface area (Å²) in [5, 5.41) is 0. The van der Waals surface area contributed by atoms with Gasteiger partial charge in [0.15, 0.2) is 0 Å². The maximum atomic E-state index is 11.4. The van der Waals surface area contributed by atoms with Crippen LogP contribution in [0.15, 0.2) is 4.99 Å². The number of hydrogen-bond acceptors (Lipinski definition) is 2. The van der Waals surface area contributed by atoms with Crippen LogP contribution < -0.4 is 5.73 Å². The van der Waals surface area contributed by atoms with Crippen molar-refractivity contribution >= 4 is 11.9 Å². The first kappa shape index (κ1) is 8.53. The fourth-order valence-electron chi connectivity index (χ4n) is 2.55. The summed E-state index contributed by atoms with van der Waals surface area (Å²) in [6, 6.07) is -0.160. The molecule has 0 saturated heterocycles. The number of carbonyl (C=O) groups excluding carboxylic acids is 1. The van der Waals surface area contributed by atoms with Crippen LogP contribution in [0.2, 0.25) is 0 Å². The van der Waals surface area contributed by atoms with Gasteiger partial charge in [-0.3, -0.25) is 0 Å². The second-order valence-corrected chi connectivity index (χ2v) is 4.07. The van der Waals surface area contributed by atoms with E-state index in [0.29, 0.717) is 18.3 Å². The van der Waals surface area contributed by atoms with Gasteiger partial charge in [-0.25, -0.2) is 4.79 Å². The van der Waals surface area contributed by atoms with Gasteiger partial charge in [0.2, 0.25) is 0 Å². The smallest absolute Gasteiger partial charge is 0.346 e. The quantitative estimate of drug-likeness (QED) is 0.655. The summed E-state index contributed by atoms with van der Waals surface area (Å²) >= 11 is 0. The van der Waals surface area contributed by atoms with E-state index in [1.54, 1.807) is 4.90 Å². The molecule has 2 N–H and O–H groups in total. The van der Waals surface area contributed by atoms with Gasteiger partial charge in [-0.15, -0.1) is 0 Å². The molecular formula is C9H15N3O. The highest BCUT2D eigenvalue weighted by molar-refractivity contribution is 6.06. The van der Waals surface area contributed by atoms with Crippen LogP contribution >= 0.6 is 0 Å². The number of carbonyl (C=O) groups is 1. The van der Waals surface area contributed by atoms with Crippen molar-refractivity contribution in [3.05, 3.63) is 0 Å². The Balaban J connectivity index is 2.27. The Kier molecular flexibility index (Phi) is 1.62. The summed E-state index contributed by atoms with van der Waals surface area (Å²) < 4.78 is 0. The molecule has 2 aliphatic rings. The summed E-state index contributed by atoms with van der Waals surface area (Å²) in [7, 11) is 0. The number of amides is 2. The zero-order valence-corrected chi connectivity index (χ0v) is 8.08. The second-order valence-electron chi connectivity index (χ2n) is 4.07. The number of nitrogens with two attached hydrogens (primary N) is 1. The number of rotatable bonds is 1. The average Bonchev–Trinajstić information content (AvgIpc) is 2.23. The minimum Gasteiger partial charge on any atom is -0.385 e. The fourth-order valence-corrected chi connectivity index (χ4v) is 2.55. The third kappa shape index (κ3) is 0.913. The van der Waals surface area contributed by atoms with Crippen molar-refractivity contribution in [1.82, 2.24) is 4.90 Å². The zero-order chi connectivity index (χ0) is 9.64. The molecule has 1 saturated carbocycles. The van der Waals surface area contributed by atoms with Gasteiger partial charge in [-0.1, -0.05) is 6.92 Å². The Morgan fingerprint density at radius 1 is 1.69 bits per heavy atom. The lowest BCUT2D eigenvalue weighted by Gasteiger charge is -2.48. The highest BCUT2D eigenvalue weighted by Gasteiger charge is 2.54. The van der Waals surface area contributed by atoms with Crippen molar-refractivity contribution in [2.24, 2.45) is 16.6 Å². The first-order valence-corrected chi connectivity index (χ1v) is 4.76. The molecule has 0 atom stereocenters. The van der Waals surface area contributed by atoms with Gasteiger partial charge in [0.25, 0.3) is 0 Å². The van der Waals surface area contributed by atoms with Crippen LogP contribution in [-0.2, 0) is 0 Å². The average molecular weight is 181 g/mol. The Morgan fingerprint density at radius 2 is 2.31 bits per heavy atom. The van der Waals surface area contributed by atoms with Crippen molar-refractivity contribution in [2.75, 3.05) is 6.54 Å². The van der Waals surface area contributed by atoms with Gasteiger partial charge in [-0.05, 0) is 25.7 Å². The van der Waals surface area contributed by atoms with E-state index in [1.807, 2.05) is 6.92 Å². The lowest BCUT2D eigenvalue weighted by atomic mass is 9.68. The molecule has 1 spiro atoms. The number of amidine groups is 1. The van der Waals surface area contributed by atoms with Crippen LogP contribution in [0.1, 0.15) is 26.7 Å². The lowest BCUT2D eigenvalue weighted by Crippen LogP contribution is -2.61. The Labute approximate surface area is 77.8 Å². The highest BCUT2D eigenvalue weighted by atomic mass is 16.2. The number of urea groups is 1. The summed E-state index contributed by atoms with van der Waals surface area (Å²) in [6.45, 7) is 4.85. The molecule has 0 aromatic heterocycles. The Morgan fingerprint density at radius 3 is 2.77 bits per heavy atom. The first-order chi connectivity index (χ1) is 6.10. The molecule has 13 heavy (non-hydrogen) atoms. The molecule has 4 heteroatoms. The maximum absolute atomic E-state index is 11.4. The molecule has 1 aliphatic heterocycles. The van der Waals surface area contributed by atoms with Gasteiger partial charge < -0.3 is 10.6 Å². The van der Waals surface area contributed by atoms with Crippen molar-refractivity contribution in [3.63, 3.8) is 0 Å². The molecule has 1 aliphatic carbocycles. The SMILES string of the molecule is CCN1C(=O)N=C(N)C12CC(C)C2. The molecule has 0 aromatic rings. The zero-order valence-electron chi connectivity index (χ0n) is 8.08. The molecule has 2 rings (SSSR count). The van der Waals surface area contributed by atoms with Gasteiger partial charge >= 0.3 is 6.03 Å². The largest absolute Gasteiger partial charge is 0.385 e. The topological polar surface area (TPSA) is 58.7 Å².